The molecule has 2 N–H and O–H groups in total. The number of amides is 2. The fourth-order valence-electron chi connectivity index (χ4n) is 2.25. The van der Waals surface area contributed by atoms with Gasteiger partial charge in [0.15, 0.2) is 11.5 Å². The first kappa shape index (κ1) is 17.7. The molecule has 26 heavy (non-hydrogen) atoms. The Morgan fingerprint density at radius 2 is 1.58 bits per heavy atom. The highest BCUT2D eigenvalue weighted by Crippen LogP contribution is 2.34. The highest BCUT2D eigenvalue weighted by atomic mass is 19.1. The molecule has 1 aliphatic rings. The Labute approximate surface area is 148 Å². The van der Waals surface area contributed by atoms with Gasteiger partial charge in [-0.05, 0) is 38.1 Å². The minimum atomic E-state index is -1.59. The van der Waals surface area contributed by atoms with Crippen molar-refractivity contribution in [3.05, 3.63) is 48.0 Å². The normalized spacial score (nSPS) is 12.6. The highest BCUT2D eigenvalue weighted by Gasteiger charge is 2.37. The van der Waals surface area contributed by atoms with Crippen molar-refractivity contribution in [2.75, 3.05) is 17.4 Å². The van der Waals surface area contributed by atoms with Gasteiger partial charge in [0.1, 0.15) is 22.7 Å². The topological polar surface area (TPSA) is 76.7 Å². The van der Waals surface area contributed by atoms with Crippen molar-refractivity contribution in [1.82, 2.24) is 0 Å². The number of hydrogen-bond donors (Lipinski definition) is 2. The molecule has 0 radical (unpaired) electrons. The van der Waals surface area contributed by atoms with E-state index < -0.39 is 34.6 Å². The van der Waals surface area contributed by atoms with Crippen LogP contribution in [0.1, 0.15) is 13.8 Å². The Hall–Kier alpha value is -3.16. The van der Waals surface area contributed by atoms with E-state index in [1.54, 1.807) is 18.2 Å². The van der Waals surface area contributed by atoms with Gasteiger partial charge >= 0.3 is 0 Å². The van der Waals surface area contributed by atoms with E-state index >= 15 is 0 Å². The number of ether oxygens (including phenoxy) is 2. The Bertz CT molecular complexity index is 863. The lowest BCUT2D eigenvalue weighted by Gasteiger charge is -2.23. The lowest BCUT2D eigenvalue weighted by Crippen LogP contribution is -2.41. The number of anilines is 2. The number of para-hydroxylation sites is 1. The summed E-state index contributed by atoms with van der Waals surface area (Å²) in [6.45, 7) is 2.79. The zero-order valence-corrected chi connectivity index (χ0v) is 14.1. The lowest BCUT2D eigenvalue weighted by molar-refractivity contribution is -0.135. The van der Waals surface area contributed by atoms with Gasteiger partial charge in [0.2, 0.25) is 18.6 Å². The fraction of sp³-hybridized carbons (Fsp3) is 0.222. The molecule has 2 aromatic carbocycles. The number of rotatable bonds is 4. The molecule has 1 aliphatic heterocycles. The molecule has 0 bridgehead atoms. The number of halogens is 2. The molecule has 0 fully saturated rings. The fourth-order valence-corrected chi connectivity index (χ4v) is 2.25. The van der Waals surface area contributed by atoms with Gasteiger partial charge in [-0.25, -0.2) is 8.78 Å². The van der Waals surface area contributed by atoms with Gasteiger partial charge in [0, 0.05) is 11.8 Å². The van der Waals surface area contributed by atoms with Crippen molar-refractivity contribution in [3.63, 3.8) is 0 Å². The maximum absolute atomic E-state index is 13.7. The third-order valence-electron chi connectivity index (χ3n) is 3.97. The first-order valence-corrected chi connectivity index (χ1v) is 7.75. The van der Waals surface area contributed by atoms with Crippen LogP contribution in [0.2, 0.25) is 0 Å². The number of fused-ring (bicyclic) bond motifs is 1. The molecule has 8 heteroatoms. The van der Waals surface area contributed by atoms with Gasteiger partial charge in [0.05, 0.1) is 0 Å². The van der Waals surface area contributed by atoms with Gasteiger partial charge in [-0.2, -0.15) is 0 Å². The number of nitrogens with one attached hydrogen (secondary N) is 2. The van der Waals surface area contributed by atoms with Crippen LogP contribution in [0.25, 0.3) is 0 Å². The Morgan fingerprint density at radius 1 is 0.962 bits per heavy atom. The minimum absolute atomic E-state index is 0.0921. The summed E-state index contributed by atoms with van der Waals surface area (Å²) in [5, 5.41) is 4.72. The third kappa shape index (κ3) is 3.30. The van der Waals surface area contributed by atoms with Crippen LogP contribution < -0.4 is 20.1 Å². The van der Waals surface area contributed by atoms with E-state index in [9.17, 15) is 18.4 Å². The number of carbonyl (C=O) groups is 2. The van der Waals surface area contributed by atoms with Crippen LogP contribution in [-0.4, -0.2) is 18.6 Å². The largest absolute Gasteiger partial charge is 0.454 e. The Kier molecular flexibility index (Phi) is 4.50. The van der Waals surface area contributed by atoms with Gasteiger partial charge in [-0.1, -0.05) is 6.07 Å². The van der Waals surface area contributed by atoms with Crippen molar-refractivity contribution >= 4 is 23.2 Å². The summed E-state index contributed by atoms with van der Waals surface area (Å²) in [7, 11) is 0. The molecule has 136 valence electrons. The molecule has 0 atom stereocenters. The van der Waals surface area contributed by atoms with E-state index in [0.29, 0.717) is 17.2 Å². The first-order chi connectivity index (χ1) is 12.3. The molecule has 0 saturated heterocycles. The maximum Gasteiger partial charge on any atom is 0.239 e. The van der Waals surface area contributed by atoms with Gasteiger partial charge < -0.3 is 20.1 Å². The van der Waals surface area contributed by atoms with Crippen molar-refractivity contribution in [3.8, 4) is 11.5 Å². The highest BCUT2D eigenvalue weighted by molar-refractivity contribution is 6.14. The number of hydrogen-bond acceptors (Lipinski definition) is 4. The summed E-state index contributed by atoms with van der Waals surface area (Å²) < 4.78 is 37.8. The standard InChI is InChI=1S/C18H16F2N2O4/c1-18(2,17(24)22-15-11(19)4-3-5-12(15)20)16(23)21-10-6-7-13-14(8-10)26-9-25-13/h3-8H,9H2,1-2H3,(H,21,23)(H,22,24). The SMILES string of the molecule is CC(C)(C(=O)Nc1ccc2c(c1)OCO2)C(=O)Nc1c(F)cccc1F. The molecule has 6 nitrogen and oxygen atoms in total. The summed E-state index contributed by atoms with van der Waals surface area (Å²) in [5.74, 6) is -2.32. The summed E-state index contributed by atoms with van der Waals surface area (Å²) in [6.07, 6.45) is 0. The molecule has 0 saturated carbocycles. The monoisotopic (exact) mass is 362 g/mol. The zero-order valence-electron chi connectivity index (χ0n) is 14.1. The van der Waals surface area contributed by atoms with E-state index in [4.69, 9.17) is 9.47 Å². The smallest absolute Gasteiger partial charge is 0.239 e. The summed E-state index contributed by atoms with van der Waals surface area (Å²) >= 11 is 0. The second kappa shape index (κ2) is 6.62. The lowest BCUT2D eigenvalue weighted by atomic mass is 9.90. The van der Waals surface area contributed by atoms with Crippen LogP contribution in [-0.2, 0) is 9.59 Å². The van der Waals surface area contributed by atoms with Crippen LogP contribution in [0.15, 0.2) is 36.4 Å². The number of carbonyl (C=O) groups excluding carboxylic acids is 2. The van der Waals surface area contributed by atoms with Crippen LogP contribution in [0.3, 0.4) is 0 Å². The van der Waals surface area contributed by atoms with Crippen LogP contribution >= 0.6 is 0 Å². The molecule has 0 aliphatic carbocycles. The second-order valence-electron chi connectivity index (χ2n) is 6.20. The summed E-state index contributed by atoms with van der Waals surface area (Å²) in [4.78, 5) is 24.9. The summed E-state index contributed by atoms with van der Waals surface area (Å²) in [5.41, 5.74) is -1.79. The molecule has 0 aromatic heterocycles. The molecule has 2 aromatic rings. The van der Waals surface area contributed by atoms with Gasteiger partial charge in [-0.3, -0.25) is 9.59 Å². The Balaban J connectivity index is 1.74. The zero-order chi connectivity index (χ0) is 18.9. The molecular formula is C18H16F2N2O4. The quantitative estimate of drug-likeness (QED) is 0.819. The maximum atomic E-state index is 13.7. The van der Waals surface area contributed by atoms with Gasteiger partial charge in [0.25, 0.3) is 0 Å². The summed E-state index contributed by atoms with van der Waals surface area (Å²) in [6, 6.07) is 7.98. The molecule has 2 amide bonds. The van der Waals surface area contributed by atoms with Gasteiger partial charge in [-0.15, -0.1) is 0 Å². The minimum Gasteiger partial charge on any atom is -0.454 e. The van der Waals surface area contributed by atoms with Crippen LogP contribution in [0, 0.1) is 17.0 Å². The number of benzene rings is 2. The second-order valence-corrected chi connectivity index (χ2v) is 6.20. The average Bonchev–Trinajstić information content (AvgIpc) is 3.05. The van der Waals surface area contributed by atoms with E-state index in [0.717, 1.165) is 12.1 Å². The molecular weight excluding hydrogens is 346 g/mol. The molecule has 1 heterocycles. The predicted molar refractivity (Wildman–Crippen MR) is 90.0 cm³/mol. The van der Waals surface area contributed by atoms with Crippen molar-refractivity contribution in [1.29, 1.82) is 0 Å². The van der Waals surface area contributed by atoms with E-state index in [1.807, 2.05) is 0 Å². The third-order valence-corrected chi connectivity index (χ3v) is 3.97. The van der Waals surface area contributed by atoms with E-state index in [2.05, 4.69) is 10.6 Å². The molecule has 0 spiro atoms. The van der Waals surface area contributed by atoms with Crippen molar-refractivity contribution < 1.29 is 27.8 Å². The predicted octanol–water partition coefficient (Wildman–Crippen LogP) is 3.30. The van der Waals surface area contributed by atoms with E-state index in [1.165, 1.54) is 19.9 Å². The van der Waals surface area contributed by atoms with Crippen molar-refractivity contribution in [2.24, 2.45) is 5.41 Å². The molecule has 0 unspecified atom stereocenters. The first-order valence-electron chi connectivity index (χ1n) is 7.75. The van der Waals surface area contributed by atoms with Crippen molar-refractivity contribution in [2.45, 2.75) is 13.8 Å². The van der Waals surface area contributed by atoms with Crippen LogP contribution in [0.5, 0.6) is 11.5 Å². The Morgan fingerprint density at radius 3 is 2.27 bits per heavy atom. The average molecular weight is 362 g/mol. The van der Waals surface area contributed by atoms with E-state index in [-0.39, 0.29) is 6.79 Å². The molecule has 3 rings (SSSR count). The van der Waals surface area contributed by atoms with Crippen LogP contribution in [0.4, 0.5) is 20.2 Å².